The van der Waals surface area contributed by atoms with Crippen LogP contribution in [-0.4, -0.2) is 31.1 Å². The number of nitrogens with zero attached hydrogens (tertiary/aromatic N) is 1. The summed E-state index contributed by atoms with van der Waals surface area (Å²) < 4.78 is 23.9. The number of rotatable bonds is 5. The van der Waals surface area contributed by atoms with E-state index < -0.39 is 5.76 Å². The van der Waals surface area contributed by atoms with E-state index in [0.717, 1.165) is 31.6 Å². The first-order valence-electron chi connectivity index (χ1n) is 9.53. The fourth-order valence-electron chi connectivity index (χ4n) is 3.74. The summed E-state index contributed by atoms with van der Waals surface area (Å²) in [5.41, 5.74) is 2.42. The number of halogens is 1. The number of nitrogens with one attached hydrogen (secondary N) is 2. The molecule has 0 saturated carbocycles. The molecule has 1 amide bonds. The maximum atomic E-state index is 13.9. The molecule has 1 saturated heterocycles. The van der Waals surface area contributed by atoms with Crippen LogP contribution in [0.15, 0.2) is 45.6 Å². The first-order valence-corrected chi connectivity index (χ1v) is 9.53. The van der Waals surface area contributed by atoms with Gasteiger partial charge in [0.15, 0.2) is 17.1 Å². The van der Waals surface area contributed by atoms with Gasteiger partial charge in [0.05, 0.1) is 12.6 Å². The number of methoxy groups -OCH3 is 1. The van der Waals surface area contributed by atoms with Gasteiger partial charge in [-0.15, -0.1) is 0 Å². The zero-order chi connectivity index (χ0) is 20.4. The van der Waals surface area contributed by atoms with E-state index >= 15 is 0 Å². The molecule has 29 heavy (non-hydrogen) atoms. The highest BCUT2D eigenvalue weighted by atomic mass is 19.1. The molecule has 0 bridgehead atoms. The van der Waals surface area contributed by atoms with E-state index in [1.54, 1.807) is 24.3 Å². The fourth-order valence-corrected chi connectivity index (χ4v) is 3.74. The van der Waals surface area contributed by atoms with Crippen LogP contribution in [0.25, 0.3) is 11.1 Å². The Morgan fingerprint density at radius 2 is 2.07 bits per heavy atom. The first-order chi connectivity index (χ1) is 14.0. The van der Waals surface area contributed by atoms with Gasteiger partial charge in [0.2, 0.25) is 5.91 Å². The van der Waals surface area contributed by atoms with Crippen LogP contribution in [0.2, 0.25) is 0 Å². The molecule has 8 heteroatoms. The van der Waals surface area contributed by atoms with Crippen LogP contribution in [0.3, 0.4) is 0 Å². The number of piperidine rings is 1. The minimum absolute atomic E-state index is 0.0730. The van der Waals surface area contributed by atoms with Gasteiger partial charge in [-0.25, -0.2) is 9.18 Å². The Labute approximate surface area is 166 Å². The highest BCUT2D eigenvalue weighted by Gasteiger charge is 2.22. The Balaban J connectivity index is 1.31. The van der Waals surface area contributed by atoms with Gasteiger partial charge in [0.25, 0.3) is 0 Å². The predicted molar refractivity (Wildman–Crippen MR) is 108 cm³/mol. The summed E-state index contributed by atoms with van der Waals surface area (Å²) in [6, 6.07) is 10.0. The Morgan fingerprint density at radius 3 is 2.79 bits per heavy atom. The number of hydrogen-bond donors (Lipinski definition) is 2. The lowest BCUT2D eigenvalue weighted by Crippen LogP contribution is -2.35. The molecule has 2 aromatic carbocycles. The van der Waals surface area contributed by atoms with E-state index in [9.17, 15) is 14.0 Å². The molecule has 0 unspecified atom stereocenters. The smallest absolute Gasteiger partial charge is 0.417 e. The fraction of sp³-hybridized carbons (Fsp3) is 0.333. The SMILES string of the molecule is COc1ccc(N2CCC(CC(=O)Nc3ccc4[nH]c(=O)oc4c3)CC2)cc1F. The second-order valence-electron chi connectivity index (χ2n) is 7.23. The van der Waals surface area contributed by atoms with E-state index in [0.29, 0.717) is 23.2 Å². The van der Waals surface area contributed by atoms with Crippen molar-refractivity contribution in [2.24, 2.45) is 5.92 Å². The number of carbonyl (C=O) groups excluding carboxylic acids is 1. The third kappa shape index (κ3) is 4.26. The summed E-state index contributed by atoms with van der Waals surface area (Å²) in [5, 5.41) is 2.86. The van der Waals surface area contributed by atoms with Crippen molar-refractivity contribution < 1.29 is 18.3 Å². The van der Waals surface area contributed by atoms with Crippen molar-refractivity contribution in [2.75, 3.05) is 30.4 Å². The van der Waals surface area contributed by atoms with Crippen molar-refractivity contribution in [3.63, 3.8) is 0 Å². The number of H-pyrrole nitrogens is 1. The topological polar surface area (TPSA) is 87.6 Å². The number of aromatic amines is 1. The minimum Gasteiger partial charge on any atom is -0.494 e. The predicted octanol–water partition coefficient (Wildman–Crippen LogP) is 3.51. The van der Waals surface area contributed by atoms with Gasteiger partial charge in [-0.2, -0.15) is 0 Å². The molecule has 152 valence electrons. The minimum atomic E-state index is -0.521. The number of ether oxygens (including phenoxy) is 1. The number of carbonyl (C=O) groups is 1. The number of amides is 1. The monoisotopic (exact) mass is 399 g/mol. The Kier molecular flexibility index (Phi) is 5.24. The number of benzene rings is 2. The highest BCUT2D eigenvalue weighted by Crippen LogP contribution is 2.28. The summed E-state index contributed by atoms with van der Waals surface area (Å²) >= 11 is 0. The average Bonchev–Trinajstić information content (AvgIpc) is 3.07. The molecular formula is C21H22FN3O4. The van der Waals surface area contributed by atoms with Gasteiger partial charge in [-0.05, 0) is 43.0 Å². The zero-order valence-electron chi connectivity index (χ0n) is 16.0. The van der Waals surface area contributed by atoms with E-state index in [4.69, 9.17) is 9.15 Å². The Bertz CT molecular complexity index is 1080. The maximum absolute atomic E-state index is 13.9. The number of aromatic nitrogens is 1. The number of fused-ring (bicyclic) bond motifs is 1. The molecule has 0 spiro atoms. The zero-order valence-corrected chi connectivity index (χ0v) is 16.0. The van der Waals surface area contributed by atoms with Gasteiger partial charge < -0.3 is 19.4 Å². The van der Waals surface area contributed by atoms with E-state index in [1.165, 1.54) is 13.2 Å². The van der Waals surface area contributed by atoms with Crippen molar-refractivity contribution in [1.29, 1.82) is 0 Å². The third-order valence-electron chi connectivity index (χ3n) is 5.29. The standard InChI is InChI=1S/C21H22FN3O4/c1-28-18-5-3-15(12-16(18)22)25-8-6-13(7-9-25)10-20(26)23-14-2-4-17-19(11-14)29-21(27)24-17/h2-5,11-13H,6-10H2,1H3,(H,23,26)(H,24,27). The lowest BCUT2D eigenvalue weighted by atomic mass is 9.93. The number of hydrogen-bond acceptors (Lipinski definition) is 5. The second-order valence-corrected chi connectivity index (χ2v) is 7.23. The van der Waals surface area contributed by atoms with E-state index in [2.05, 4.69) is 15.2 Å². The quantitative estimate of drug-likeness (QED) is 0.686. The number of anilines is 2. The van der Waals surface area contributed by atoms with Crippen LogP contribution >= 0.6 is 0 Å². The highest BCUT2D eigenvalue weighted by molar-refractivity contribution is 5.92. The molecule has 3 aromatic rings. The normalized spacial score (nSPS) is 14.9. The van der Waals surface area contributed by atoms with Crippen molar-refractivity contribution in [3.05, 3.63) is 52.8 Å². The van der Waals surface area contributed by atoms with E-state index in [1.807, 2.05) is 6.07 Å². The Hall–Kier alpha value is -3.29. The van der Waals surface area contributed by atoms with Crippen LogP contribution in [0.1, 0.15) is 19.3 Å². The number of oxazole rings is 1. The summed E-state index contributed by atoms with van der Waals surface area (Å²) in [6.07, 6.45) is 2.12. The summed E-state index contributed by atoms with van der Waals surface area (Å²) in [7, 11) is 1.45. The average molecular weight is 399 g/mol. The molecule has 0 aliphatic carbocycles. The van der Waals surface area contributed by atoms with Crippen LogP contribution in [0, 0.1) is 11.7 Å². The molecule has 2 heterocycles. The van der Waals surface area contributed by atoms with Crippen LogP contribution in [-0.2, 0) is 4.79 Å². The summed E-state index contributed by atoms with van der Waals surface area (Å²) in [4.78, 5) is 28.3. The van der Waals surface area contributed by atoms with Crippen molar-refractivity contribution in [1.82, 2.24) is 4.98 Å². The van der Waals surface area contributed by atoms with Gasteiger partial charge in [0.1, 0.15) is 0 Å². The van der Waals surface area contributed by atoms with Gasteiger partial charge >= 0.3 is 5.76 Å². The van der Waals surface area contributed by atoms with Gasteiger partial charge in [-0.3, -0.25) is 9.78 Å². The molecule has 1 fully saturated rings. The molecule has 4 rings (SSSR count). The molecule has 2 N–H and O–H groups in total. The van der Waals surface area contributed by atoms with Gasteiger partial charge in [0, 0.05) is 43.0 Å². The molecular weight excluding hydrogens is 377 g/mol. The maximum Gasteiger partial charge on any atom is 0.417 e. The first kappa shape index (κ1) is 19.0. The largest absolute Gasteiger partial charge is 0.494 e. The lowest BCUT2D eigenvalue weighted by molar-refractivity contribution is -0.117. The molecule has 0 atom stereocenters. The molecule has 1 aliphatic heterocycles. The van der Waals surface area contributed by atoms with Crippen molar-refractivity contribution >= 4 is 28.4 Å². The lowest BCUT2D eigenvalue weighted by Gasteiger charge is -2.33. The third-order valence-corrected chi connectivity index (χ3v) is 5.29. The molecule has 1 aliphatic rings. The molecule has 1 aromatic heterocycles. The summed E-state index contributed by atoms with van der Waals surface area (Å²) in [5.74, 6) is -0.467. The van der Waals surface area contributed by atoms with Crippen LogP contribution in [0.4, 0.5) is 15.8 Å². The summed E-state index contributed by atoms with van der Waals surface area (Å²) in [6.45, 7) is 1.54. The Morgan fingerprint density at radius 1 is 1.28 bits per heavy atom. The molecule has 0 radical (unpaired) electrons. The van der Waals surface area contributed by atoms with Crippen LogP contribution < -0.4 is 20.7 Å². The van der Waals surface area contributed by atoms with Crippen molar-refractivity contribution in [2.45, 2.75) is 19.3 Å². The van der Waals surface area contributed by atoms with Crippen molar-refractivity contribution in [3.8, 4) is 5.75 Å². The van der Waals surface area contributed by atoms with E-state index in [-0.39, 0.29) is 23.4 Å². The second kappa shape index (κ2) is 7.98. The van der Waals surface area contributed by atoms with Crippen LogP contribution in [0.5, 0.6) is 5.75 Å². The van der Waals surface area contributed by atoms with Gasteiger partial charge in [-0.1, -0.05) is 0 Å². The molecule has 7 nitrogen and oxygen atoms in total.